The number of rotatable bonds is 3. The Morgan fingerprint density at radius 1 is 0.905 bits per heavy atom. The van der Waals surface area contributed by atoms with Crippen LogP contribution in [-0.4, -0.2) is 5.11 Å². The molecule has 2 nitrogen and oxygen atoms in total. The molecule has 0 aliphatic carbocycles. The Morgan fingerprint density at radius 2 is 1.48 bits per heavy atom. The normalized spacial score (nSPS) is 11.5. The summed E-state index contributed by atoms with van der Waals surface area (Å²) in [5.74, 6) is 1.57. The van der Waals surface area contributed by atoms with Gasteiger partial charge in [-0.15, -0.1) is 0 Å². The topological polar surface area (TPSA) is 29.5 Å². The first kappa shape index (κ1) is 15.6. The van der Waals surface area contributed by atoms with Crippen LogP contribution in [0.5, 0.6) is 11.5 Å². The van der Waals surface area contributed by atoms with Crippen LogP contribution >= 0.6 is 0 Å². The lowest BCUT2D eigenvalue weighted by atomic mass is 9.85. The molecule has 0 unspecified atom stereocenters. The lowest BCUT2D eigenvalue weighted by Gasteiger charge is -2.24. The Hall–Kier alpha value is -1.80. The number of aryl methyl sites for hydroxylation is 2. The van der Waals surface area contributed by atoms with Crippen molar-refractivity contribution in [3.05, 3.63) is 58.7 Å². The molecule has 0 bridgehead atoms. The van der Waals surface area contributed by atoms with Crippen molar-refractivity contribution in [2.45, 2.75) is 46.6 Å². The number of aliphatic hydroxyl groups excluding tert-OH is 1. The van der Waals surface area contributed by atoms with Crippen molar-refractivity contribution in [3.63, 3.8) is 0 Å². The molecule has 2 heteroatoms. The number of hydrogen-bond acceptors (Lipinski definition) is 2. The molecule has 0 fully saturated rings. The minimum absolute atomic E-state index is 0.00539. The fraction of sp³-hybridized carbons (Fsp3) is 0.368. The minimum atomic E-state index is -0.0201. The van der Waals surface area contributed by atoms with E-state index in [1.54, 1.807) is 0 Å². The molecule has 0 heterocycles. The fourth-order valence-electron chi connectivity index (χ4n) is 2.37. The molecule has 0 aliphatic heterocycles. The van der Waals surface area contributed by atoms with E-state index < -0.39 is 0 Å². The van der Waals surface area contributed by atoms with Crippen LogP contribution in [0.4, 0.5) is 0 Å². The van der Waals surface area contributed by atoms with E-state index in [9.17, 15) is 5.11 Å². The highest BCUT2D eigenvalue weighted by Crippen LogP contribution is 2.36. The standard InChI is InChI=1S/C19H24O2/c1-13-6-8-17(15(10-13)12-20)21-18-9-7-14(2)11-16(18)19(3,4)5/h6-11,20H,12H2,1-5H3. The molecule has 2 aromatic rings. The average Bonchev–Trinajstić information content (AvgIpc) is 2.41. The molecule has 0 atom stereocenters. The SMILES string of the molecule is Cc1ccc(Oc2ccc(C)cc2C(C)(C)C)c(CO)c1. The third kappa shape index (κ3) is 3.64. The minimum Gasteiger partial charge on any atom is -0.457 e. The van der Waals surface area contributed by atoms with E-state index in [0.29, 0.717) is 0 Å². The molecule has 0 saturated heterocycles. The highest BCUT2D eigenvalue weighted by atomic mass is 16.5. The summed E-state index contributed by atoms with van der Waals surface area (Å²) >= 11 is 0. The van der Waals surface area contributed by atoms with Crippen LogP contribution in [0.1, 0.15) is 43.0 Å². The van der Waals surface area contributed by atoms with Gasteiger partial charge in [0, 0.05) is 11.1 Å². The maximum absolute atomic E-state index is 9.51. The van der Waals surface area contributed by atoms with Gasteiger partial charge in [0.05, 0.1) is 6.61 Å². The predicted molar refractivity (Wildman–Crippen MR) is 87.1 cm³/mol. The molecule has 0 amide bonds. The molecule has 21 heavy (non-hydrogen) atoms. The molecule has 0 aliphatic rings. The maximum atomic E-state index is 9.51. The van der Waals surface area contributed by atoms with Crippen molar-refractivity contribution >= 4 is 0 Å². The first-order chi connectivity index (χ1) is 9.81. The van der Waals surface area contributed by atoms with Gasteiger partial charge in [0.25, 0.3) is 0 Å². The highest BCUT2D eigenvalue weighted by molar-refractivity contribution is 5.46. The number of ether oxygens (including phenoxy) is 1. The van der Waals surface area contributed by atoms with Crippen LogP contribution in [0.2, 0.25) is 0 Å². The summed E-state index contributed by atoms with van der Waals surface area (Å²) in [6, 6.07) is 12.1. The van der Waals surface area contributed by atoms with Crippen molar-refractivity contribution in [1.29, 1.82) is 0 Å². The number of hydrogen-bond donors (Lipinski definition) is 1. The summed E-state index contributed by atoms with van der Waals surface area (Å²) in [7, 11) is 0. The van der Waals surface area contributed by atoms with Gasteiger partial charge in [-0.25, -0.2) is 0 Å². The van der Waals surface area contributed by atoms with Crippen molar-refractivity contribution in [2.24, 2.45) is 0 Å². The zero-order valence-corrected chi connectivity index (χ0v) is 13.5. The van der Waals surface area contributed by atoms with Crippen molar-refractivity contribution in [2.75, 3.05) is 0 Å². The van der Waals surface area contributed by atoms with E-state index in [1.807, 2.05) is 31.2 Å². The molecular formula is C19H24O2. The monoisotopic (exact) mass is 284 g/mol. The van der Waals surface area contributed by atoms with E-state index in [1.165, 1.54) is 11.1 Å². The van der Waals surface area contributed by atoms with Gasteiger partial charge in [0.1, 0.15) is 11.5 Å². The van der Waals surface area contributed by atoms with Crippen LogP contribution in [0.15, 0.2) is 36.4 Å². The molecule has 112 valence electrons. The Labute approximate surface area is 127 Å². The predicted octanol–water partition coefficient (Wildman–Crippen LogP) is 4.89. The molecule has 0 spiro atoms. The first-order valence-electron chi connectivity index (χ1n) is 7.30. The van der Waals surface area contributed by atoms with Gasteiger partial charge in [-0.3, -0.25) is 0 Å². The summed E-state index contributed by atoms with van der Waals surface area (Å²) in [6.45, 7) is 10.6. The molecule has 0 aromatic heterocycles. The van der Waals surface area contributed by atoms with Crippen molar-refractivity contribution in [1.82, 2.24) is 0 Å². The summed E-state index contributed by atoms with van der Waals surface area (Å²) in [5.41, 5.74) is 4.33. The van der Waals surface area contributed by atoms with Crippen molar-refractivity contribution < 1.29 is 9.84 Å². The lowest BCUT2D eigenvalue weighted by molar-refractivity contribution is 0.276. The van der Waals surface area contributed by atoms with E-state index >= 15 is 0 Å². The van der Waals surface area contributed by atoms with Crippen LogP contribution < -0.4 is 4.74 Å². The van der Waals surface area contributed by atoms with E-state index in [-0.39, 0.29) is 12.0 Å². The molecule has 0 radical (unpaired) electrons. The van der Waals surface area contributed by atoms with Crippen molar-refractivity contribution in [3.8, 4) is 11.5 Å². The molecule has 2 aromatic carbocycles. The fourth-order valence-corrected chi connectivity index (χ4v) is 2.37. The van der Waals surface area contributed by atoms with Gasteiger partial charge < -0.3 is 9.84 Å². The quantitative estimate of drug-likeness (QED) is 0.870. The van der Waals surface area contributed by atoms with Gasteiger partial charge in [-0.2, -0.15) is 0 Å². The molecule has 1 N–H and O–H groups in total. The van der Waals surface area contributed by atoms with Gasteiger partial charge in [0.2, 0.25) is 0 Å². The molecular weight excluding hydrogens is 260 g/mol. The average molecular weight is 284 g/mol. The zero-order chi connectivity index (χ0) is 15.6. The summed E-state index contributed by atoms with van der Waals surface area (Å²) in [4.78, 5) is 0. The summed E-state index contributed by atoms with van der Waals surface area (Å²) < 4.78 is 6.11. The summed E-state index contributed by atoms with van der Waals surface area (Å²) in [5, 5.41) is 9.51. The second-order valence-corrected chi connectivity index (χ2v) is 6.62. The Morgan fingerprint density at radius 3 is 2.05 bits per heavy atom. The van der Waals surface area contributed by atoms with Gasteiger partial charge in [0.15, 0.2) is 0 Å². The second kappa shape index (κ2) is 5.90. The maximum Gasteiger partial charge on any atom is 0.132 e. The number of benzene rings is 2. The Kier molecular flexibility index (Phi) is 4.38. The molecule has 0 saturated carbocycles. The summed E-state index contributed by atoms with van der Waals surface area (Å²) in [6.07, 6.45) is 0. The third-order valence-corrected chi connectivity index (χ3v) is 3.55. The van der Waals surface area contributed by atoms with Gasteiger partial charge >= 0.3 is 0 Å². The van der Waals surface area contributed by atoms with Crippen LogP contribution in [0.3, 0.4) is 0 Å². The van der Waals surface area contributed by atoms with Crippen LogP contribution in [0.25, 0.3) is 0 Å². The van der Waals surface area contributed by atoms with E-state index in [2.05, 4.69) is 39.8 Å². The largest absolute Gasteiger partial charge is 0.457 e. The zero-order valence-electron chi connectivity index (χ0n) is 13.5. The number of aliphatic hydroxyl groups is 1. The van der Waals surface area contributed by atoms with Crippen LogP contribution in [-0.2, 0) is 12.0 Å². The van der Waals surface area contributed by atoms with Gasteiger partial charge in [-0.1, -0.05) is 56.2 Å². The second-order valence-electron chi connectivity index (χ2n) is 6.62. The Balaban J connectivity index is 2.45. The smallest absolute Gasteiger partial charge is 0.132 e. The third-order valence-electron chi connectivity index (χ3n) is 3.55. The molecule has 2 rings (SSSR count). The Bertz CT molecular complexity index is 636. The first-order valence-corrected chi connectivity index (χ1v) is 7.30. The highest BCUT2D eigenvalue weighted by Gasteiger charge is 2.20. The van der Waals surface area contributed by atoms with E-state index in [4.69, 9.17) is 4.74 Å². The van der Waals surface area contributed by atoms with E-state index in [0.717, 1.165) is 22.6 Å². The van der Waals surface area contributed by atoms with Gasteiger partial charge in [-0.05, 0) is 31.4 Å². The lowest BCUT2D eigenvalue weighted by Crippen LogP contribution is -2.13. The van der Waals surface area contributed by atoms with Crippen LogP contribution in [0, 0.1) is 13.8 Å².